The molecule has 9 heteroatoms. The molecular formula is C19H24N2O5S2. The molecule has 0 saturated heterocycles. The van der Waals surface area contributed by atoms with Crippen LogP contribution in [0.3, 0.4) is 0 Å². The second-order valence-corrected chi connectivity index (χ2v) is 8.50. The normalized spacial score (nSPS) is 11.1. The number of rotatable bonds is 9. The Labute approximate surface area is 169 Å². The van der Waals surface area contributed by atoms with E-state index in [4.69, 9.17) is 9.47 Å². The molecule has 0 saturated carbocycles. The molecule has 0 spiro atoms. The van der Waals surface area contributed by atoms with Gasteiger partial charge in [-0.05, 0) is 48.6 Å². The lowest BCUT2D eigenvalue weighted by molar-refractivity contribution is -0.114. The lowest BCUT2D eigenvalue weighted by atomic mass is 10.1. The van der Waals surface area contributed by atoms with Gasteiger partial charge in [0.1, 0.15) is 0 Å². The largest absolute Gasteiger partial charge is 0.493 e. The van der Waals surface area contributed by atoms with Crippen molar-refractivity contribution in [3.63, 3.8) is 0 Å². The topological polar surface area (TPSA) is 93.7 Å². The van der Waals surface area contributed by atoms with E-state index in [-0.39, 0.29) is 17.3 Å². The fourth-order valence-electron chi connectivity index (χ4n) is 2.59. The summed E-state index contributed by atoms with van der Waals surface area (Å²) in [7, 11) is -0.599. The molecule has 2 rings (SSSR count). The van der Waals surface area contributed by atoms with Gasteiger partial charge in [0, 0.05) is 18.4 Å². The van der Waals surface area contributed by atoms with Crippen molar-refractivity contribution in [1.29, 1.82) is 0 Å². The molecule has 0 aliphatic rings. The molecule has 0 unspecified atom stereocenters. The summed E-state index contributed by atoms with van der Waals surface area (Å²) >= 11 is 1.43. The molecule has 2 aromatic carbocycles. The average Bonchev–Trinajstić information content (AvgIpc) is 2.67. The van der Waals surface area contributed by atoms with Gasteiger partial charge in [-0.3, -0.25) is 4.79 Å². The Hall–Kier alpha value is -2.23. The maximum atomic E-state index is 12.6. The van der Waals surface area contributed by atoms with Crippen LogP contribution < -0.4 is 19.5 Å². The van der Waals surface area contributed by atoms with Crippen LogP contribution in [0, 0.1) is 0 Å². The third-order valence-electron chi connectivity index (χ3n) is 3.95. The van der Waals surface area contributed by atoms with E-state index in [1.54, 1.807) is 26.4 Å². The second kappa shape index (κ2) is 9.81. The van der Waals surface area contributed by atoms with E-state index in [9.17, 15) is 13.2 Å². The van der Waals surface area contributed by atoms with E-state index in [0.717, 1.165) is 10.5 Å². The van der Waals surface area contributed by atoms with Gasteiger partial charge in [0.15, 0.2) is 11.5 Å². The highest BCUT2D eigenvalue weighted by atomic mass is 32.2. The van der Waals surface area contributed by atoms with Crippen LogP contribution in [0.5, 0.6) is 11.5 Å². The molecule has 28 heavy (non-hydrogen) atoms. The lowest BCUT2D eigenvalue weighted by Gasteiger charge is -2.12. The fourth-order valence-corrected chi connectivity index (χ4v) is 4.18. The molecule has 0 aromatic heterocycles. The Morgan fingerprint density at radius 2 is 1.79 bits per heavy atom. The predicted molar refractivity (Wildman–Crippen MR) is 111 cm³/mol. The van der Waals surface area contributed by atoms with Gasteiger partial charge in [-0.1, -0.05) is 6.07 Å². The van der Waals surface area contributed by atoms with Crippen LogP contribution in [0.15, 0.2) is 46.2 Å². The molecule has 2 N–H and O–H groups in total. The van der Waals surface area contributed by atoms with Crippen molar-refractivity contribution in [2.45, 2.75) is 23.1 Å². The molecule has 0 aliphatic heterocycles. The average molecular weight is 425 g/mol. The summed E-state index contributed by atoms with van der Waals surface area (Å²) in [6.07, 6.45) is 2.34. The molecule has 0 atom stereocenters. The molecule has 0 aliphatic carbocycles. The first-order valence-electron chi connectivity index (χ1n) is 8.47. The summed E-state index contributed by atoms with van der Waals surface area (Å²) in [5, 5.41) is 2.66. The monoisotopic (exact) mass is 424 g/mol. The number of ether oxygens (including phenoxy) is 2. The number of thioether (sulfide) groups is 1. The zero-order chi connectivity index (χ0) is 20.7. The first-order chi connectivity index (χ1) is 13.3. The molecule has 0 heterocycles. The van der Waals surface area contributed by atoms with E-state index in [0.29, 0.717) is 23.6 Å². The Balaban J connectivity index is 2.10. The first kappa shape index (κ1) is 22.1. The Bertz CT molecular complexity index is 945. The number of hydrogen-bond acceptors (Lipinski definition) is 6. The summed E-state index contributed by atoms with van der Waals surface area (Å²) in [6.45, 7) is 1.60. The third kappa shape index (κ3) is 5.63. The maximum absolute atomic E-state index is 12.6. The zero-order valence-electron chi connectivity index (χ0n) is 16.2. The van der Waals surface area contributed by atoms with E-state index < -0.39 is 10.0 Å². The minimum Gasteiger partial charge on any atom is -0.493 e. The van der Waals surface area contributed by atoms with Crippen LogP contribution >= 0.6 is 11.8 Å². The molecule has 0 bridgehead atoms. The van der Waals surface area contributed by atoms with Gasteiger partial charge in [0.05, 0.1) is 24.8 Å². The minimum absolute atomic E-state index is 0.0985. The standard InChI is InChI=1S/C19H24N2O5S2/c1-13(22)21-16-12-15(6-8-19(16)27-4)28(23,24)20-10-9-14-5-7-17(25-2)18(11-14)26-3/h5-8,11-12,20H,9-10H2,1-4H3,(H,21,22). The SMILES string of the molecule is COc1ccc(CCNS(=O)(=O)c2ccc(SC)c(NC(C)=O)c2)cc1OC. The molecule has 152 valence electrons. The Morgan fingerprint density at radius 3 is 2.39 bits per heavy atom. The number of carbonyl (C=O) groups is 1. The van der Waals surface area contributed by atoms with Crippen molar-refractivity contribution >= 4 is 33.4 Å². The van der Waals surface area contributed by atoms with Crippen LogP contribution in [0.4, 0.5) is 5.69 Å². The van der Waals surface area contributed by atoms with Crippen LogP contribution in [0.25, 0.3) is 0 Å². The van der Waals surface area contributed by atoms with Crippen LogP contribution in [0.1, 0.15) is 12.5 Å². The molecule has 2 aromatic rings. The number of anilines is 1. The number of carbonyl (C=O) groups excluding carboxylic acids is 1. The van der Waals surface area contributed by atoms with Crippen molar-refractivity contribution in [1.82, 2.24) is 4.72 Å². The highest BCUT2D eigenvalue weighted by molar-refractivity contribution is 7.98. The van der Waals surface area contributed by atoms with E-state index in [1.807, 2.05) is 18.4 Å². The molecule has 7 nitrogen and oxygen atoms in total. The number of benzene rings is 2. The second-order valence-electron chi connectivity index (χ2n) is 5.88. The smallest absolute Gasteiger partial charge is 0.240 e. The van der Waals surface area contributed by atoms with Gasteiger partial charge in [0.2, 0.25) is 15.9 Å². The highest BCUT2D eigenvalue weighted by Gasteiger charge is 2.16. The van der Waals surface area contributed by atoms with Gasteiger partial charge >= 0.3 is 0 Å². The Morgan fingerprint density at radius 1 is 1.07 bits per heavy atom. The van der Waals surface area contributed by atoms with Gasteiger partial charge in [0.25, 0.3) is 0 Å². The Kier molecular flexibility index (Phi) is 7.73. The molecule has 0 radical (unpaired) electrons. The highest BCUT2D eigenvalue weighted by Crippen LogP contribution is 2.29. The maximum Gasteiger partial charge on any atom is 0.240 e. The molecule has 1 amide bonds. The number of methoxy groups -OCH3 is 2. The molecular weight excluding hydrogens is 400 g/mol. The minimum atomic E-state index is -3.71. The van der Waals surface area contributed by atoms with Gasteiger partial charge in [-0.15, -0.1) is 11.8 Å². The van der Waals surface area contributed by atoms with Crippen molar-refractivity contribution < 1.29 is 22.7 Å². The number of nitrogens with one attached hydrogen (secondary N) is 2. The van der Waals surface area contributed by atoms with Crippen molar-refractivity contribution in [3.8, 4) is 11.5 Å². The van der Waals surface area contributed by atoms with Gasteiger partial charge < -0.3 is 14.8 Å². The fraction of sp³-hybridized carbons (Fsp3) is 0.316. The summed E-state index contributed by atoms with van der Waals surface area (Å²) in [5.41, 5.74) is 1.39. The van der Waals surface area contributed by atoms with Gasteiger partial charge in [-0.2, -0.15) is 0 Å². The molecule has 0 fully saturated rings. The summed E-state index contributed by atoms with van der Waals surface area (Å²) in [5.74, 6) is 0.952. The first-order valence-corrected chi connectivity index (χ1v) is 11.2. The predicted octanol–water partition coefficient (Wildman–Crippen LogP) is 2.91. The van der Waals surface area contributed by atoms with Gasteiger partial charge in [-0.25, -0.2) is 13.1 Å². The number of amides is 1. The third-order valence-corrected chi connectivity index (χ3v) is 6.20. The van der Waals surface area contributed by atoms with E-state index in [2.05, 4.69) is 10.0 Å². The van der Waals surface area contributed by atoms with Crippen molar-refractivity contribution in [2.24, 2.45) is 0 Å². The zero-order valence-corrected chi connectivity index (χ0v) is 17.9. The number of hydrogen-bond donors (Lipinski definition) is 2. The van der Waals surface area contributed by atoms with Crippen molar-refractivity contribution in [2.75, 3.05) is 32.3 Å². The summed E-state index contributed by atoms with van der Waals surface area (Å²) in [6, 6.07) is 10.1. The van der Waals surface area contributed by atoms with Crippen LogP contribution in [-0.4, -0.2) is 41.3 Å². The summed E-state index contributed by atoms with van der Waals surface area (Å²) in [4.78, 5) is 12.3. The van der Waals surface area contributed by atoms with Crippen LogP contribution in [-0.2, 0) is 21.2 Å². The summed E-state index contributed by atoms with van der Waals surface area (Å²) < 4.78 is 38.3. The van der Waals surface area contributed by atoms with E-state index in [1.165, 1.54) is 30.8 Å². The van der Waals surface area contributed by atoms with Crippen LogP contribution in [0.2, 0.25) is 0 Å². The van der Waals surface area contributed by atoms with E-state index >= 15 is 0 Å². The quantitative estimate of drug-likeness (QED) is 0.601. The van der Waals surface area contributed by atoms with Crippen molar-refractivity contribution in [3.05, 3.63) is 42.0 Å². The lowest BCUT2D eigenvalue weighted by Crippen LogP contribution is -2.26. The number of sulfonamides is 1.